The predicted octanol–water partition coefficient (Wildman–Crippen LogP) is 5.19. The molecule has 0 atom stereocenters. The monoisotopic (exact) mass is 340 g/mol. The van der Waals surface area contributed by atoms with Gasteiger partial charge in [0.25, 0.3) is 0 Å². The molecule has 0 saturated heterocycles. The van der Waals surface area contributed by atoms with Crippen molar-refractivity contribution in [3.05, 3.63) is 71.4 Å². The van der Waals surface area contributed by atoms with Crippen LogP contribution in [0, 0.1) is 0 Å². The van der Waals surface area contributed by atoms with Crippen molar-refractivity contribution in [3.8, 4) is 22.4 Å². The van der Waals surface area contributed by atoms with Gasteiger partial charge in [-0.2, -0.15) is 5.10 Å². The van der Waals surface area contributed by atoms with Gasteiger partial charge in [0, 0.05) is 16.1 Å². The van der Waals surface area contributed by atoms with Crippen molar-refractivity contribution in [3.63, 3.8) is 0 Å². The third-order valence-electron chi connectivity index (χ3n) is 3.25. The summed E-state index contributed by atoms with van der Waals surface area (Å²) >= 11 is 5.99. The Labute approximate surface area is 145 Å². The van der Waals surface area contributed by atoms with Crippen molar-refractivity contribution < 1.29 is 9.90 Å². The summed E-state index contributed by atoms with van der Waals surface area (Å²) in [7, 11) is 0. The number of carbonyl (C=O) groups is 1. The van der Waals surface area contributed by atoms with E-state index in [1.165, 1.54) is 6.20 Å². The Kier molecular flexibility index (Phi) is 6.04. The highest BCUT2D eigenvalue weighted by atomic mass is 35.5. The molecule has 0 bridgehead atoms. The largest absolute Gasteiger partial charge is 0.478 e. The molecular formula is C19H17ClN2O2. The van der Waals surface area contributed by atoms with Crippen molar-refractivity contribution in [1.82, 2.24) is 10.2 Å². The van der Waals surface area contributed by atoms with Gasteiger partial charge in [-0.3, -0.25) is 0 Å². The molecule has 0 amide bonds. The van der Waals surface area contributed by atoms with Crippen molar-refractivity contribution in [2.75, 3.05) is 0 Å². The fourth-order valence-corrected chi connectivity index (χ4v) is 2.47. The van der Waals surface area contributed by atoms with Gasteiger partial charge >= 0.3 is 5.97 Å². The minimum atomic E-state index is -1.05. The lowest BCUT2D eigenvalue weighted by Crippen LogP contribution is -2.06. The first-order chi connectivity index (χ1) is 11.7. The van der Waals surface area contributed by atoms with Crippen LogP contribution in [0.5, 0.6) is 0 Å². The molecule has 0 radical (unpaired) electrons. The molecule has 1 aromatic heterocycles. The molecule has 0 spiro atoms. The summed E-state index contributed by atoms with van der Waals surface area (Å²) in [6.45, 7) is 4.00. The number of carboxylic acid groups (broad SMARTS) is 1. The highest BCUT2D eigenvalue weighted by molar-refractivity contribution is 6.30. The highest BCUT2D eigenvalue weighted by Crippen LogP contribution is 2.30. The van der Waals surface area contributed by atoms with Crippen LogP contribution in [0.25, 0.3) is 22.4 Å². The summed E-state index contributed by atoms with van der Waals surface area (Å²) in [6.07, 6.45) is 1.47. The summed E-state index contributed by atoms with van der Waals surface area (Å²) in [4.78, 5) is 11.8. The smallest absolute Gasteiger partial charge is 0.338 e. The first-order valence-electron chi connectivity index (χ1n) is 7.57. The van der Waals surface area contributed by atoms with E-state index in [0.717, 1.165) is 5.56 Å². The van der Waals surface area contributed by atoms with Crippen LogP contribution in [0.4, 0.5) is 0 Å². The molecule has 3 rings (SSSR count). The predicted molar refractivity (Wildman–Crippen MR) is 96.2 cm³/mol. The second-order valence-corrected chi connectivity index (χ2v) is 5.10. The average Bonchev–Trinajstić information content (AvgIpc) is 2.63. The van der Waals surface area contributed by atoms with Gasteiger partial charge in [-0.1, -0.05) is 67.9 Å². The molecule has 4 nitrogen and oxygen atoms in total. The summed E-state index contributed by atoms with van der Waals surface area (Å²) < 4.78 is 0. The first-order valence-corrected chi connectivity index (χ1v) is 7.95. The molecule has 122 valence electrons. The Bertz CT molecular complexity index is 836. The number of carboxylic acids is 1. The summed E-state index contributed by atoms with van der Waals surface area (Å²) in [5, 5.41) is 18.1. The number of rotatable bonds is 3. The molecule has 0 saturated carbocycles. The third-order valence-corrected chi connectivity index (χ3v) is 3.48. The molecule has 5 heteroatoms. The normalized spacial score (nSPS) is 9.79. The van der Waals surface area contributed by atoms with Crippen molar-refractivity contribution in [2.24, 2.45) is 0 Å². The Hall–Kier alpha value is -2.72. The van der Waals surface area contributed by atoms with E-state index >= 15 is 0 Å². The van der Waals surface area contributed by atoms with Crippen molar-refractivity contribution in [2.45, 2.75) is 13.8 Å². The molecule has 0 aliphatic rings. The lowest BCUT2D eigenvalue weighted by atomic mass is 9.97. The van der Waals surface area contributed by atoms with Gasteiger partial charge < -0.3 is 5.11 Å². The van der Waals surface area contributed by atoms with Gasteiger partial charge in [0.2, 0.25) is 0 Å². The van der Waals surface area contributed by atoms with Gasteiger partial charge in [0.15, 0.2) is 0 Å². The van der Waals surface area contributed by atoms with Gasteiger partial charge in [-0.15, -0.1) is 5.10 Å². The molecule has 1 N–H and O–H groups in total. The van der Waals surface area contributed by atoms with Crippen molar-refractivity contribution >= 4 is 17.6 Å². The quantitative estimate of drug-likeness (QED) is 0.712. The minimum absolute atomic E-state index is 0.114. The van der Waals surface area contributed by atoms with Gasteiger partial charge in [-0.25, -0.2) is 4.79 Å². The summed E-state index contributed by atoms with van der Waals surface area (Å²) in [5.74, 6) is -1.05. The molecule has 0 aliphatic heterocycles. The van der Waals surface area contributed by atoms with Crippen LogP contribution in [0.15, 0.2) is 60.8 Å². The van der Waals surface area contributed by atoms with E-state index in [1.807, 2.05) is 44.2 Å². The van der Waals surface area contributed by atoms with E-state index < -0.39 is 5.97 Å². The van der Waals surface area contributed by atoms with E-state index in [4.69, 9.17) is 11.6 Å². The van der Waals surface area contributed by atoms with E-state index in [-0.39, 0.29) is 5.56 Å². The van der Waals surface area contributed by atoms with Gasteiger partial charge in [0.1, 0.15) is 5.69 Å². The fourth-order valence-electron chi connectivity index (χ4n) is 2.28. The lowest BCUT2D eigenvalue weighted by Gasteiger charge is -2.10. The molecular weight excluding hydrogens is 324 g/mol. The van der Waals surface area contributed by atoms with Crippen LogP contribution in [-0.2, 0) is 0 Å². The maximum atomic E-state index is 11.8. The zero-order chi connectivity index (χ0) is 17.5. The average molecular weight is 341 g/mol. The van der Waals surface area contributed by atoms with E-state index in [1.54, 1.807) is 24.3 Å². The van der Waals surface area contributed by atoms with Crippen LogP contribution in [-0.4, -0.2) is 21.3 Å². The molecule has 0 aliphatic carbocycles. The van der Waals surface area contributed by atoms with Crippen LogP contribution < -0.4 is 0 Å². The molecule has 24 heavy (non-hydrogen) atoms. The number of aromatic nitrogens is 2. The number of hydrogen-bond donors (Lipinski definition) is 1. The summed E-state index contributed by atoms with van der Waals surface area (Å²) in [5.41, 5.74) is 2.34. The molecule has 0 fully saturated rings. The maximum Gasteiger partial charge on any atom is 0.338 e. The summed E-state index contributed by atoms with van der Waals surface area (Å²) in [6, 6.07) is 16.2. The fraction of sp³-hybridized carbons (Fsp3) is 0.105. The topological polar surface area (TPSA) is 63.1 Å². The van der Waals surface area contributed by atoms with Crippen LogP contribution in [0.1, 0.15) is 24.2 Å². The Morgan fingerprint density at radius 1 is 1.00 bits per heavy atom. The Morgan fingerprint density at radius 3 is 2.29 bits per heavy atom. The Balaban J connectivity index is 0.00000100. The maximum absolute atomic E-state index is 11.8. The van der Waals surface area contributed by atoms with Gasteiger partial charge in [0.05, 0.1) is 11.8 Å². The lowest BCUT2D eigenvalue weighted by molar-refractivity contribution is 0.0698. The number of aromatic carboxylic acids is 1. The molecule has 1 heterocycles. The van der Waals surface area contributed by atoms with E-state index in [0.29, 0.717) is 21.8 Å². The zero-order valence-corrected chi connectivity index (χ0v) is 14.2. The van der Waals surface area contributed by atoms with Crippen LogP contribution in [0.3, 0.4) is 0 Å². The molecule has 2 aromatic carbocycles. The number of nitrogens with zero attached hydrogens (tertiary/aromatic N) is 2. The SMILES string of the molecule is CC.O=C(O)c1c(-c2ccccc2)cnnc1-c1cccc(Cl)c1. The van der Waals surface area contributed by atoms with Crippen LogP contribution >= 0.6 is 11.6 Å². The second-order valence-electron chi connectivity index (χ2n) is 4.66. The second kappa shape index (κ2) is 8.22. The zero-order valence-electron chi connectivity index (χ0n) is 13.4. The molecule has 0 unspecified atom stereocenters. The number of halogens is 1. The van der Waals surface area contributed by atoms with E-state index in [2.05, 4.69) is 10.2 Å². The first kappa shape index (κ1) is 17.6. The number of benzene rings is 2. The Morgan fingerprint density at radius 2 is 1.67 bits per heavy atom. The standard InChI is InChI=1S/C17H11ClN2O2.C2H6/c18-13-8-4-7-12(9-13)16-15(17(21)22)14(10-19-20-16)11-5-2-1-3-6-11;1-2/h1-10H,(H,21,22);1-2H3. The molecule has 3 aromatic rings. The third kappa shape index (κ3) is 3.78. The number of hydrogen-bond acceptors (Lipinski definition) is 3. The van der Waals surface area contributed by atoms with Crippen molar-refractivity contribution in [1.29, 1.82) is 0 Å². The van der Waals surface area contributed by atoms with Gasteiger partial charge in [-0.05, 0) is 17.7 Å². The van der Waals surface area contributed by atoms with E-state index in [9.17, 15) is 9.90 Å². The highest BCUT2D eigenvalue weighted by Gasteiger charge is 2.20. The van der Waals surface area contributed by atoms with Crippen LogP contribution in [0.2, 0.25) is 5.02 Å². The minimum Gasteiger partial charge on any atom is -0.478 e.